The van der Waals surface area contributed by atoms with Crippen LogP contribution in [0.25, 0.3) is 0 Å². The van der Waals surface area contributed by atoms with E-state index in [0.717, 1.165) is 37.8 Å². The number of rotatable bonds is 5. The van der Waals surface area contributed by atoms with Gasteiger partial charge < -0.3 is 10.0 Å². The van der Waals surface area contributed by atoms with Crippen LogP contribution in [-0.4, -0.2) is 29.2 Å². The fourth-order valence-electron chi connectivity index (χ4n) is 2.73. The van der Waals surface area contributed by atoms with E-state index in [1.807, 2.05) is 0 Å². The first-order chi connectivity index (χ1) is 9.54. The van der Waals surface area contributed by atoms with Crippen molar-refractivity contribution in [2.75, 3.05) is 18.1 Å². The number of benzene rings is 1. The van der Waals surface area contributed by atoms with Gasteiger partial charge in [-0.1, -0.05) is 24.4 Å². The SMILES string of the molecule is O=[N+]([O-])c1cc(Cl)c(F)cc1N(CCO)C1CCCC1. The number of anilines is 1. The molecule has 0 aliphatic heterocycles. The Balaban J connectivity index is 2.45. The van der Waals surface area contributed by atoms with Crippen LogP contribution in [0.2, 0.25) is 5.02 Å². The number of nitro groups is 1. The zero-order valence-electron chi connectivity index (χ0n) is 10.9. The van der Waals surface area contributed by atoms with Crippen molar-refractivity contribution in [1.82, 2.24) is 0 Å². The molecule has 0 unspecified atom stereocenters. The highest BCUT2D eigenvalue weighted by molar-refractivity contribution is 6.31. The van der Waals surface area contributed by atoms with Gasteiger partial charge in [-0.25, -0.2) is 4.39 Å². The molecule has 1 aliphatic rings. The highest BCUT2D eigenvalue weighted by atomic mass is 35.5. The summed E-state index contributed by atoms with van der Waals surface area (Å²) >= 11 is 5.62. The van der Waals surface area contributed by atoms with Gasteiger partial charge in [0.05, 0.1) is 16.6 Å². The zero-order chi connectivity index (χ0) is 14.7. The molecule has 1 saturated carbocycles. The summed E-state index contributed by atoms with van der Waals surface area (Å²) in [5.41, 5.74) is -0.0328. The van der Waals surface area contributed by atoms with E-state index in [-0.39, 0.29) is 35.6 Å². The molecule has 1 N–H and O–H groups in total. The fraction of sp³-hybridized carbons (Fsp3) is 0.538. The maximum atomic E-state index is 13.7. The number of aliphatic hydroxyl groups excluding tert-OH is 1. The second kappa shape index (κ2) is 6.37. The monoisotopic (exact) mass is 302 g/mol. The summed E-state index contributed by atoms with van der Waals surface area (Å²) in [6.07, 6.45) is 3.86. The van der Waals surface area contributed by atoms with Crippen molar-refractivity contribution in [1.29, 1.82) is 0 Å². The van der Waals surface area contributed by atoms with Gasteiger partial charge in [-0.3, -0.25) is 10.1 Å². The van der Waals surface area contributed by atoms with Gasteiger partial charge in [0.2, 0.25) is 0 Å². The van der Waals surface area contributed by atoms with Crippen LogP contribution in [0.1, 0.15) is 25.7 Å². The Morgan fingerprint density at radius 3 is 2.65 bits per heavy atom. The number of nitro benzene ring substituents is 1. The van der Waals surface area contributed by atoms with Gasteiger partial charge in [-0.05, 0) is 12.8 Å². The number of aliphatic hydroxyl groups is 1. The summed E-state index contributed by atoms with van der Waals surface area (Å²) < 4.78 is 13.7. The minimum Gasteiger partial charge on any atom is -0.395 e. The molecule has 7 heteroatoms. The summed E-state index contributed by atoms with van der Waals surface area (Å²) in [5, 5.41) is 20.1. The molecule has 0 amide bonds. The zero-order valence-corrected chi connectivity index (χ0v) is 11.6. The Labute approximate surface area is 121 Å². The lowest BCUT2D eigenvalue weighted by molar-refractivity contribution is -0.384. The van der Waals surface area contributed by atoms with Gasteiger partial charge in [0.1, 0.15) is 11.5 Å². The highest BCUT2D eigenvalue weighted by Crippen LogP contribution is 2.37. The van der Waals surface area contributed by atoms with Crippen molar-refractivity contribution < 1.29 is 14.4 Å². The van der Waals surface area contributed by atoms with Crippen molar-refractivity contribution in [3.8, 4) is 0 Å². The van der Waals surface area contributed by atoms with E-state index in [9.17, 15) is 19.6 Å². The van der Waals surface area contributed by atoms with E-state index in [0.29, 0.717) is 0 Å². The van der Waals surface area contributed by atoms with Crippen molar-refractivity contribution in [3.05, 3.63) is 33.1 Å². The summed E-state index contributed by atoms with van der Waals surface area (Å²) in [6.45, 7) is 0.102. The van der Waals surface area contributed by atoms with E-state index >= 15 is 0 Å². The molecule has 1 aliphatic carbocycles. The summed E-state index contributed by atoms with van der Waals surface area (Å²) in [6, 6.07) is 2.22. The van der Waals surface area contributed by atoms with E-state index in [4.69, 9.17) is 11.6 Å². The third kappa shape index (κ3) is 3.02. The standard InChI is InChI=1S/C13H16ClFN2O3/c14-10-7-13(17(19)20)12(8-11(10)15)16(5-6-18)9-3-1-2-4-9/h7-9,18H,1-6H2. The second-order valence-corrected chi connectivity index (χ2v) is 5.27. The molecule has 0 bridgehead atoms. The predicted octanol–water partition coefficient (Wildman–Crippen LogP) is 3.13. The van der Waals surface area contributed by atoms with Crippen LogP contribution < -0.4 is 4.90 Å². The van der Waals surface area contributed by atoms with E-state index in [2.05, 4.69) is 0 Å². The molecule has 0 atom stereocenters. The Hall–Kier alpha value is -1.40. The quantitative estimate of drug-likeness (QED) is 0.670. The maximum Gasteiger partial charge on any atom is 0.294 e. The van der Waals surface area contributed by atoms with Crippen LogP contribution in [0, 0.1) is 15.9 Å². The first kappa shape index (κ1) is 15.0. The molecular formula is C13H16ClFN2O3. The molecular weight excluding hydrogens is 287 g/mol. The minimum atomic E-state index is -0.687. The molecule has 1 fully saturated rings. The molecule has 1 aromatic carbocycles. The van der Waals surface area contributed by atoms with Crippen molar-refractivity contribution in [2.24, 2.45) is 0 Å². The third-order valence-corrected chi connectivity index (χ3v) is 3.92. The Morgan fingerprint density at radius 2 is 2.10 bits per heavy atom. The molecule has 0 aromatic heterocycles. The molecule has 110 valence electrons. The van der Waals surface area contributed by atoms with Crippen LogP contribution in [0.3, 0.4) is 0 Å². The molecule has 0 heterocycles. The van der Waals surface area contributed by atoms with Crippen LogP contribution in [0.4, 0.5) is 15.8 Å². The highest BCUT2D eigenvalue weighted by Gasteiger charge is 2.29. The van der Waals surface area contributed by atoms with E-state index in [1.165, 1.54) is 0 Å². The maximum absolute atomic E-state index is 13.7. The third-order valence-electron chi connectivity index (χ3n) is 3.63. The van der Waals surface area contributed by atoms with Gasteiger partial charge in [0.15, 0.2) is 0 Å². The topological polar surface area (TPSA) is 66.6 Å². The second-order valence-electron chi connectivity index (χ2n) is 4.87. The van der Waals surface area contributed by atoms with Crippen LogP contribution in [-0.2, 0) is 0 Å². The van der Waals surface area contributed by atoms with Crippen molar-refractivity contribution >= 4 is 23.0 Å². The Bertz CT molecular complexity index is 507. The number of hydrogen-bond acceptors (Lipinski definition) is 4. The van der Waals surface area contributed by atoms with Gasteiger partial charge in [-0.2, -0.15) is 0 Å². The lowest BCUT2D eigenvalue weighted by Crippen LogP contribution is -2.36. The van der Waals surface area contributed by atoms with Gasteiger partial charge >= 0.3 is 0 Å². The molecule has 0 saturated heterocycles. The predicted molar refractivity (Wildman–Crippen MR) is 74.8 cm³/mol. The normalized spacial score (nSPS) is 15.6. The first-order valence-corrected chi connectivity index (χ1v) is 6.93. The fourth-order valence-corrected chi connectivity index (χ4v) is 2.88. The smallest absolute Gasteiger partial charge is 0.294 e. The van der Waals surface area contributed by atoms with Crippen LogP contribution in [0.5, 0.6) is 0 Å². The van der Waals surface area contributed by atoms with Crippen molar-refractivity contribution in [3.63, 3.8) is 0 Å². The van der Waals surface area contributed by atoms with Gasteiger partial charge in [0.25, 0.3) is 5.69 Å². The Kier molecular flexibility index (Phi) is 4.77. The summed E-state index contributed by atoms with van der Waals surface area (Å²) in [5.74, 6) is -0.687. The average molecular weight is 303 g/mol. The summed E-state index contributed by atoms with van der Waals surface area (Å²) in [4.78, 5) is 12.3. The summed E-state index contributed by atoms with van der Waals surface area (Å²) in [7, 11) is 0. The van der Waals surface area contributed by atoms with Crippen LogP contribution >= 0.6 is 11.6 Å². The average Bonchev–Trinajstić information content (AvgIpc) is 2.92. The molecule has 1 aromatic rings. The van der Waals surface area contributed by atoms with Gasteiger partial charge in [-0.15, -0.1) is 0 Å². The van der Waals surface area contributed by atoms with Gasteiger partial charge in [0, 0.05) is 24.7 Å². The lowest BCUT2D eigenvalue weighted by Gasteiger charge is -2.30. The molecule has 0 radical (unpaired) electrons. The van der Waals surface area contributed by atoms with Crippen molar-refractivity contribution in [2.45, 2.75) is 31.7 Å². The lowest BCUT2D eigenvalue weighted by atomic mass is 10.1. The van der Waals surface area contributed by atoms with Crippen LogP contribution in [0.15, 0.2) is 12.1 Å². The number of halogens is 2. The molecule has 0 spiro atoms. The number of nitrogens with zero attached hydrogens (tertiary/aromatic N) is 2. The first-order valence-electron chi connectivity index (χ1n) is 6.55. The number of hydrogen-bond donors (Lipinski definition) is 1. The largest absolute Gasteiger partial charge is 0.395 e. The molecule has 2 rings (SSSR count). The minimum absolute atomic E-state index is 0.0985. The Morgan fingerprint density at radius 1 is 1.45 bits per heavy atom. The molecule has 5 nitrogen and oxygen atoms in total. The molecule has 20 heavy (non-hydrogen) atoms. The van der Waals surface area contributed by atoms with E-state index in [1.54, 1.807) is 4.90 Å². The van der Waals surface area contributed by atoms with E-state index < -0.39 is 10.7 Å².